The van der Waals surface area contributed by atoms with Gasteiger partial charge in [0, 0.05) is 62.2 Å². The number of carbonyl (C=O) groups excluding carboxylic acids is 1. The van der Waals surface area contributed by atoms with E-state index in [0.717, 1.165) is 57.5 Å². The van der Waals surface area contributed by atoms with Crippen molar-refractivity contribution in [1.29, 1.82) is 0 Å². The van der Waals surface area contributed by atoms with Gasteiger partial charge < -0.3 is 9.64 Å². The van der Waals surface area contributed by atoms with Crippen molar-refractivity contribution < 1.29 is 13.9 Å². The van der Waals surface area contributed by atoms with E-state index in [-0.39, 0.29) is 17.1 Å². The Balaban J connectivity index is 1.37. The Kier molecular flexibility index (Phi) is 5.87. The van der Waals surface area contributed by atoms with E-state index in [4.69, 9.17) is 4.74 Å². The van der Waals surface area contributed by atoms with E-state index in [1.165, 1.54) is 12.1 Å². The van der Waals surface area contributed by atoms with Crippen molar-refractivity contribution in [2.24, 2.45) is 5.41 Å². The molecule has 6 nitrogen and oxygen atoms in total. The minimum absolute atomic E-state index is 0.00105. The number of likely N-dealkylation sites (tertiary alicyclic amines) is 2. The fourth-order valence-electron chi connectivity index (χ4n) is 4.59. The maximum Gasteiger partial charge on any atom is 0.253 e. The van der Waals surface area contributed by atoms with Gasteiger partial charge in [0.25, 0.3) is 5.91 Å². The predicted molar refractivity (Wildman–Crippen MR) is 107 cm³/mol. The maximum atomic E-state index is 13.1. The van der Waals surface area contributed by atoms with E-state index < -0.39 is 0 Å². The number of benzene rings is 1. The molecule has 1 atom stereocenters. The number of rotatable bonds is 5. The molecule has 3 heterocycles. The second kappa shape index (κ2) is 8.55. The van der Waals surface area contributed by atoms with Crippen LogP contribution in [0, 0.1) is 11.2 Å². The van der Waals surface area contributed by atoms with E-state index in [1.807, 2.05) is 17.3 Å². The molecule has 1 spiro atoms. The number of carbonyl (C=O) groups is 1. The van der Waals surface area contributed by atoms with Crippen molar-refractivity contribution >= 4 is 5.91 Å². The van der Waals surface area contributed by atoms with Crippen LogP contribution in [0.1, 0.15) is 41.0 Å². The largest absolute Gasteiger partial charge is 0.377 e. The highest BCUT2D eigenvalue weighted by Gasteiger charge is 2.42. The molecule has 0 bridgehead atoms. The Bertz CT molecular complexity index is 843. The third-order valence-corrected chi connectivity index (χ3v) is 6.00. The molecule has 1 amide bonds. The number of halogens is 1. The molecule has 7 heteroatoms. The van der Waals surface area contributed by atoms with E-state index in [1.54, 1.807) is 19.2 Å². The zero-order valence-electron chi connectivity index (χ0n) is 16.8. The van der Waals surface area contributed by atoms with Crippen molar-refractivity contribution in [2.45, 2.75) is 32.4 Å². The van der Waals surface area contributed by atoms with Crippen molar-refractivity contribution in [3.05, 3.63) is 59.4 Å². The molecule has 0 aliphatic carbocycles. The lowest BCUT2D eigenvalue weighted by Crippen LogP contribution is -2.45. The number of hydrogen-bond acceptors (Lipinski definition) is 5. The molecule has 2 aliphatic heterocycles. The van der Waals surface area contributed by atoms with Crippen LogP contribution in [0.4, 0.5) is 4.39 Å². The van der Waals surface area contributed by atoms with Crippen LogP contribution in [-0.2, 0) is 17.9 Å². The molecule has 0 unspecified atom stereocenters. The van der Waals surface area contributed by atoms with Gasteiger partial charge in [0.1, 0.15) is 12.4 Å². The first-order valence-corrected chi connectivity index (χ1v) is 10.1. The summed E-state index contributed by atoms with van der Waals surface area (Å²) in [6.45, 7) is 4.79. The first-order valence-electron chi connectivity index (χ1n) is 10.1. The van der Waals surface area contributed by atoms with Crippen LogP contribution in [-0.4, -0.2) is 59.0 Å². The number of nitrogens with zero attached hydrogens (tertiary/aromatic N) is 4. The van der Waals surface area contributed by atoms with E-state index >= 15 is 0 Å². The number of hydrogen-bond donors (Lipinski definition) is 0. The lowest BCUT2D eigenvalue weighted by Gasteiger charge is -2.40. The van der Waals surface area contributed by atoms with Crippen LogP contribution in [0.3, 0.4) is 0 Å². The Labute approximate surface area is 170 Å². The number of piperidine rings is 1. The van der Waals surface area contributed by atoms with Crippen molar-refractivity contribution in [3.8, 4) is 0 Å². The summed E-state index contributed by atoms with van der Waals surface area (Å²) in [5, 5.41) is 0. The zero-order valence-corrected chi connectivity index (χ0v) is 16.8. The van der Waals surface area contributed by atoms with E-state index in [0.29, 0.717) is 18.0 Å². The number of aromatic nitrogens is 2. The summed E-state index contributed by atoms with van der Waals surface area (Å²) in [5.74, 6) is 0.375. The minimum Gasteiger partial charge on any atom is -0.377 e. The van der Waals surface area contributed by atoms with E-state index in [2.05, 4.69) is 14.9 Å². The molecule has 2 fully saturated rings. The standard InChI is InChI=1S/C22H27FN4O2/c1-29-14-20-24-11-17(12-25-20)13-26-9-2-7-22(15-26)8-10-27(16-22)21(28)18-3-5-19(23)6-4-18/h3-6,11-12H,2,7-10,13-16H2,1H3/t22-/m1/s1. The molecule has 154 valence electrons. The van der Waals surface area contributed by atoms with Gasteiger partial charge in [0.05, 0.1) is 0 Å². The molecule has 2 aromatic rings. The molecule has 1 aromatic carbocycles. The van der Waals surface area contributed by atoms with Crippen molar-refractivity contribution in [3.63, 3.8) is 0 Å². The molecule has 1 aromatic heterocycles. The van der Waals surface area contributed by atoms with Crippen LogP contribution in [0.25, 0.3) is 0 Å². The molecule has 0 saturated carbocycles. The van der Waals surface area contributed by atoms with Crippen LogP contribution < -0.4 is 0 Å². The topological polar surface area (TPSA) is 58.6 Å². The van der Waals surface area contributed by atoms with Crippen LogP contribution >= 0.6 is 0 Å². The van der Waals surface area contributed by atoms with E-state index in [9.17, 15) is 9.18 Å². The minimum atomic E-state index is -0.318. The number of amides is 1. The van der Waals surface area contributed by atoms with Crippen LogP contribution in [0.15, 0.2) is 36.7 Å². The van der Waals surface area contributed by atoms with Gasteiger partial charge in [-0.15, -0.1) is 0 Å². The third-order valence-electron chi connectivity index (χ3n) is 6.00. The predicted octanol–water partition coefficient (Wildman–Crippen LogP) is 2.89. The van der Waals surface area contributed by atoms with Crippen molar-refractivity contribution in [1.82, 2.24) is 19.8 Å². The Morgan fingerprint density at radius 1 is 1.14 bits per heavy atom. The van der Waals surface area contributed by atoms with Crippen molar-refractivity contribution in [2.75, 3.05) is 33.3 Å². The van der Waals surface area contributed by atoms with Gasteiger partial charge in [0.2, 0.25) is 0 Å². The summed E-state index contributed by atoms with van der Waals surface area (Å²) in [6, 6.07) is 5.84. The second-order valence-electron chi connectivity index (χ2n) is 8.24. The molecular formula is C22H27FN4O2. The fraction of sp³-hybridized carbons (Fsp3) is 0.500. The highest BCUT2D eigenvalue weighted by molar-refractivity contribution is 5.94. The Hall–Kier alpha value is -2.38. The highest BCUT2D eigenvalue weighted by Crippen LogP contribution is 2.39. The van der Waals surface area contributed by atoms with Gasteiger partial charge in [-0.05, 0) is 50.1 Å². The van der Waals surface area contributed by atoms with Gasteiger partial charge in [-0.3, -0.25) is 9.69 Å². The summed E-state index contributed by atoms with van der Waals surface area (Å²) < 4.78 is 18.2. The average Bonchev–Trinajstić information content (AvgIpc) is 3.13. The van der Waals surface area contributed by atoms with Gasteiger partial charge >= 0.3 is 0 Å². The third kappa shape index (κ3) is 4.62. The monoisotopic (exact) mass is 398 g/mol. The molecule has 2 saturated heterocycles. The smallest absolute Gasteiger partial charge is 0.253 e. The first kappa shape index (κ1) is 19.9. The Morgan fingerprint density at radius 2 is 1.90 bits per heavy atom. The van der Waals surface area contributed by atoms with Gasteiger partial charge in [0.15, 0.2) is 5.82 Å². The van der Waals surface area contributed by atoms with Crippen LogP contribution in [0.5, 0.6) is 0 Å². The lowest BCUT2D eigenvalue weighted by molar-refractivity contribution is 0.0675. The van der Waals surface area contributed by atoms with Crippen LogP contribution in [0.2, 0.25) is 0 Å². The maximum absolute atomic E-state index is 13.1. The van der Waals surface area contributed by atoms with Gasteiger partial charge in [-0.2, -0.15) is 0 Å². The fourth-order valence-corrected chi connectivity index (χ4v) is 4.59. The highest BCUT2D eigenvalue weighted by atomic mass is 19.1. The quantitative estimate of drug-likeness (QED) is 0.775. The summed E-state index contributed by atoms with van der Waals surface area (Å²) >= 11 is 0. The summed E-state index contributed by atoms with van der Waals surface area (Å²) in [7, 11) is 1.64. The molecule has 0 radical (unpaired) electrons. The molecular weight excluding hydrogens is 371 g/mol. The molecule has 2 aliphatic rings. The Morgan fingerprint density at radius 3 is 2.62 bits per heavy atom. The lowest BCUT2D eigenvalue weighted by atomic mass is 9.79. The molecule has 4 rings (SSSR count). The first-order chi connectivity index (χ1) is 14.1. The second-order valence-corrected chi connectivity index (χ2v) is 8.24. The SMILES string of the molecule is COCc1ncc(CN2CCC[C@@]3(CCN(C(=O)c4ccc(F)cc4)C3)C2)cn1. The number of ether oxygens (including phenoxy) is 1. The summed E-state index contributed by atoms with van der Waals surface area (Å²) in [5.41, 5.74) is 1.80. The summed E-state index contributed by atoms with van der Waals surface area (Å²) in [6.07, 6.45) is 7.03. The molecule has 0 N–H and O–H groups in total. The average molecular weight is 398 g/mol. The summed E-state index contributed by atoms with van der Waals surface area (Å²) in [4.78, 5) is 25.9. The molecule has 29 heavy (non-hydrogen) atoms. The number of methoxy groups -OCH3 is 1. The zero-order chi connectivity index (χ0) is 20.3. The van der Waals surface area contributed by atoms with Gasteiger partial charge in [-0.1, -0.05) is 0 Å². The van der Waals surface area contributed by atoms with Gasteiger partial charge in [-0.25, -0.2) is 14.4 Å². The normalized spacial score (nSPS) is 22.3.